The van der Waals surface area contributed by atoms with Crippen molar-refractivity contribution in [1.82, 2.24) is 14.5 Å². The molecule has 3 rings (SSSR count). The highest BCUT2D eigenvalue weighted by molar-refractivity contribution is 5.79. The van der Waals surface area contributed by atoms with Gasteiger partial charge in [-0.15, -0.1) is 0 Å². The van der Waals surface area contributed by atoms with E-state index in [1.807, 2.05) is 9.80 Å². The predicted octanol–water partition coefficient (Wildman–Crippen LogP) is 1.56. The first-order valence-electron chi connectivity index (χ1n) is 8.27. The predicted molar refractivity (Wildman–Crippen MR) is 85.2 cm³/mol. The number of rotatable bonds is 3. The molecule has 0 aromatic carbocycles. The highest BCUT2D eigenvalue weighted by atomic mass is 16.6. The fraction of sp³-hybridized carbons (Fsp3) is 0.733. The number of hydrogen-bond acceptors (Lipinski definition) is 5. The van der Waals surface area contributed by atoms with Crippen LogP contribution in [0.4, 0.5) is 11.6 Å². The number of aromatic nitrogens is 2. The first-order valence-corrected chi connectivity index (χ1v) is 8.27. The quantitative estimate of drug-likeness (QED) is 0.623. The topological polar surface area (TPSA) is 84.5 Å². The maximum absolute atomic E-state index is 12.6. The Kier molecular flexibility index (Phi) is 4.49. The molecule has 2 saturated heterocycles. The van der Waals surface area contributed by atoms with E-state index in [4.69, 9.17) is 0 Å². The molecule has 23 heavy (non-hydrogen) atoms. The summed E-state index contributed by atoms with van der Waals surface area (Å²) in [6.07, 6.45) is 6.39. The van der Waals surface area contributed by atoms with Crippen LogP contribution in [0.25, 0.3) is 0 Å². The fourth-order valence-corrected chi connectivity index (χ4v) is 3.62. The number of aryl methyl sites for hydroxylation is 1. The van der Waals surface area contributed by atoms with E-state index in [0.717, 1.165) is 38.8 Å². The molecule has 0 N–H and O–H groups in total. The lowest BCUT2D eigenvalue weighted by atomic mass is 9.94. The van der Waals surface area contributed by atoms with Crippen LogP contribution in [0.15, 0.2) is 6.33 Å². The van der Waals surface area contributed by atoms with E-state index < -0.39 is 4.92 Å². The number of hydrogen-bond donors (Lipinski definition) is 0. The van der Waals surface area contributed by atoms with Gasteiger partial charge in [0.05, 0.1) is 0 Å². The minimum absolute atomic E-state index is 0.0524. The largest absolute Gasteiger partial charge is 0.406 e. The average Bonchev–Trinajstić information content (AvgIpc) is 2.97. The standard InChI is InChI=1S/C15H23N5O3/c1-17-11-16-13(20(22)23)14(17)18-9-5-12(6-10-18)15(21)19-7-3-2-4-8-19/h11-12H,2-10H2,1H3. The summed E-state index contributed by atoms with van der Waals surface area (Å²) in [6, 6.07) is 0. The number of nitro groups is 1. The van der Waals surface area contributed by atoms with Crippen molar-refractivity contribution in [2.24, 2.45) is 13.0 Å². The zero-order valence-corrected chi connectivity index (χ0v) is 13.5. The van der Waals surface area contributed by atoms with Crippen molar-refractivity contribution in [3.05, 3.63) is 16.4 Å². The normalized spacial score (nSPS) is 19.9. The third-order valence-corrected chi connectivity index (χ3v) is 4.87. The minimum atomic E-state index is -0.444. The number of nitrogens with zero attached hydrogens (tertiary/aromatic N) is 5. The van der Waals surface area contributed by atoms with Crippen LogP contribution in [-0.4, -0.2) is 51.5 Å². The van der Waals surface area contributed by atoms with Gasteiger partial charge < -0.3 is 19.9 Å². The first kappa shape index (κ1) is 15.8. The summed E-state index contributed by atoms with van der Waals surface area (Å²) < 4.78 is 1.69. The lowest BCUT2D eigenvalue weighted by Gasteiger charge is -2.36. The second-order valence-corrected chi connectivity index (χ2v) is 6.41. The number of amides is 1. The maximum atomic E-state index is 12.6. The van der Waals surface area contributed by atoms with Crippen molar-refractivity contribution in [2.45, 2.75) is 32.1 Å². The van der Waals surface area contributed by atoms with Crippen LogP contribution in [0, 0.1) is 16.0 Å². The van der Waals surface area contributed by atoms with Crippen molar-refractivity contribution in [3.63, 3.8) is 0 Å². The van der Waals surface area contributed by atoms with Gasteiger partial charge in [-0.25, -0.2) is 0 Å². The molecule has 2 aliphatic rings. The van der Waals surface area contributed by atoms with Crippen LogP contribution in [0.1, 0.15) is 32.1 Å². The molecule has 0 saturated carbocycles. The Morgan fingerprint density at radius 2 is 1.87 bits per heavy atom. The molecule has 126 valence electrons. The fourth-order valence-electron chi connectivity index (χ4n) is 3.62. The number of anilines is 1. The Morgan fingerprint density at radius 3 is 2.48 bits per heavy atom. The first-order chi connectivity index (χ1) is 11.1. The smallest absolute Gasteiger partial charge is 0.358 e. The summed E-state index contributed by atoms with van der Waals surface area (Å²) >= 11 is 0. The molecule has 0 bridgehead atoms. The second-order valence-electron chi connectivity index (χ2n) is 6.41. The summed E-state index contributed by atoms with van der Waals surface area (Å²) in [5.41, 5.74) is 0. The van der Waals surface area contributed by atoms with E-state index in [-0.39, 0.29) is 17.6 Å². The molecule has 0 spiro atoms. The average molecular weight is 321 g/mol. The number of carbonyl (C=O) groups is 1. The highest BCUT2D eigenvalue weighted by Gasteiger charge is 2.33. The SMILES string of the molecule is Cn1cnc([N+](=O)[O-])c1N1CCC(C(=O)N2CCCCC2)CC1. The number of piperidine rings is 2. The van der Waals surface area contributed by atoms with Crippen LogP contribution >= 0.6 is 0 Å². The summed E-state index contributed by atoms with van der Waals surface area (Å²) in [6.45, 7) is 3.08. The molecule has 1 amide bonds. The second kappa shape index (κ2) is 6.55. The highest BCUT2D eigenvalue weighted by Crippen LogP contribution is 2.30. The summed E-state index contributed by atoms with van der Waals surface area (Å²) in [7, 11) is 1.76. The summed E-state index contributed by atoms with van der Waals surface area (Å²) in [4.78, 5) is 31.1. The van der Waals surface area contributed by atoms with Crippen molar-refractivity contribution in [2.75, 3.05) is 31.1 Å². The number of imidazole rings is 1. The van der Waals surface area contributed by atoms with Crippen LogP contribution in [-0.2, 0) is 11.8 Å². The monoisotopic (exact) mass is 321 g/mol. The molecule has 1 aromatic heterocycles. The van der Waals surface area contributed by atoms with Gasteiger partial charge in [0, 0.05) is 39.1 Å². The van der Waals surface area contributed by atoms with Gasteiger partial charge in [0.25, 0.3) is 0 Å². The van der Waals surface area contributed by atoms with Gasteiger partial charge in [-0.3, -0.25) is 9.36 Å². The van der Waals surface area contributed by atoms with Crippen LogP contribution in [0.5, 0.6) is 0 Å². The van der Waals surface area contributed by atoms with E-state index >= 15 is 0 Å². The van der Waals surface area contributed by atoms with Gasteiger partial charge in [0.1, 0.15) is 0 Å². The molecule has 0 aliphatic carbocycles. The molecule has 0 atom stereocenters. The zero-order valence-electron chi connectivity index (χ0n) is 13.5. The maximum Gasteiger partial charge on any atom is 0.406 e. The van der Waals surface area contributed by atoms with Gasteiger partial charge >= 0.3 is 5.82 Å². The van der Waals surface area contributed by atoms with Crippen LogP contribution in [0.2, 0.25) is 0 Å². The van der Waals surface area contributed by atoms with Gasteiger partial charge in [0.15, 0.2) is 0 Å². The zero-order chi connectivity index (χ0) is 16.4. The Bertz CT molecular complexity index is 586. The lowest BCUT2D eigenvalue weighted by molar-refractivity contribution is -0.388. The Balaban J connectivity index is 1.63. The molecule has 0 unspecified atom stereocenters. The minimum Gasteiger partial charge on any atom is -0.358 e. The third kappa shape index (κ3) is 3.16. The van der Waals surface area contributed by atoms with Crippen molar-refractivity contribution >= 4 is 17.5 Å². The van der Waals surface area contributed by atoms with E-state index in [9.17, 15) is 14.9 Å². The molecule has 3 heterocycles. The summed E-state index contributed by atoms with van der Waals surface area (Å²) in [5, 5.41) is 11.1. The molecule has 0 radical (unpaired) electrons. The number of carbonyl (C=O) groups excluding carboxylic acids is 1. The summed E-state index contributed by atoms with van der Waals surface area (Å²) in [5.74, 6) is 0.757. The van der Waals surface area contributed by atoms with Gasteiger partial charge in [-0.1, -0.05) is 0 Å². The van der Waals surface area contributed by atoms with Gasteiger partial charge in [-0.2, -0.15) is 0 Å². The Morgan fingerprint density at radius 1 is 1.22 bits per heavy atom. The molecule has 2 aliphatic heterocycles. The van der Waals surface area contributed by atoms with Crippen molar-refractivity contribution < 1.29 is 9.72 Å². The van der Waals surface area contributed by atoms with E-state index in [0.29, 0.717) is 18.9 Å². The number of likely N-dealkylation sites (tertiary alicyclic amines) is 1. The van der Waals surface area contributed by atoms with Gasteiger partial charge in [-0.05, 0) is 42.0 Å². The van der Waals surface area contributed by atoms with E-state index in [1.165, 1.54) is 12.7 Å². The lowest BCUT2D eigenvalue weighted by Crippen LogP contribution is -2.44. The molecule has 2 fully saturated rings. The van der Waals surface area contributed by atoms with E-state index in [1.54, 1.807) is 11.6 Å². The van der Waals surface area contributed by atoms with Crippen LogP contribution < -0.4 is 4.90 Å². The molecule has 1 aromatic rings. The molecule has 8 heteroatoms. The van der Waals surface area contributed by atoms with Gasteiger partial charge in [0.2, 0.25) is 18.1 Å². The Labute approximate surface area is 135 Å². The van der Waals surface area contributed by atoms with E-state index in [2.05, 4.69) is 4.98 Å². The van der Waals surface area contributed by atoms with Crippen molar-refractivity contribution in [1.29, 1.82) is 0 Å². The molecular formula is C15H23N5O3. The van der Waals surface area contributed by atoms with Crippen LogP contribution in [0.3, 0.4) is 0 Å². The Hall–Kier alpha value is -2.12. The van der Waals surface area contributed by atoms with Crippen molar-refractivity contribution in [3.8, 4) is 0 Å². The molecular weight excluding hydrogens is 298 g/mol. The third-order valence-electron chi connectivity index (χ3n) is 4.87. The molecule has 8 nitrogen and oxygen atoms in total.